The SMILES string of the molecule is CC(C)C1(O)CN(C(=O)C2CCCCC2N)C1. The van der Waals surface area contributed by atoms with Crippen molar-refractivity contribution in [3.8, 4) is 0 Å². The molecule has 4 nitrogen and oxygen atoms in total. The van der Waals surface area contributed by atoms with Crippen LogP contribution in [0, 0.1) is 11.8 Å². The lowest BCUT2D eigenvalue weighted by atomic mass is 9.79. The van der Waals surface area contributed by atoms with Crippen molar-refractivity contribution in [1.82, 2.24) is 4.90 Å². The van der Waals surface area contributed by atoms with Crippen molar-refractivity contribution in [3.05, 3.63) is 0 Å². The maximum atomic E-state index is 12.2. The molecule has 0 radical (unpaired) electrons. The zero-order valence-electron chi connectivity index (χ0n) is 10.9. The number of aliphatic hydroxyl groups is 1. The molecule has 0 bridgehead atoms. The Labute approximate surface area is 103 Å². The molecule has 0 aromatic heterocycles. The van der Waals surface area contributed by atoms with Gasteiger partial charge in [-0.3, -0.25) is 4.79 Å². The first-order chi connectivity index (χ1) is 7.94. The van der Waals surface area contributed by atoms with Crippen LogP contribution >= 0.6 is 0 Å². The normalized spacial score (nSPS) is 32.4. The van der Waals surface area contributed by atoms with E-state index in [0.717, 1.165) is 25.7 Å². The Morgan fingerprint density at radius 3 is 2.47 bits per heavy atom. The molecule has 2 aliphatic rings. The molecule has 2 atom stereocenters. The van der Waals surface area contributed by atoms with E-state index in [1.807, 2.05) is 13.8 Å². The molecule has 1 heterocycles. The molecule has 0 aromatic carbocycles. The number of nitrogens with zero attached hydrogens (tertiary/aromatic N) is 1. The van der Waals surface area contributed by atoms with Crippen molar-refractivity contribution < 1.29 is 9.90 Å². The molecule has 98 valence electrons. The van der Waals surface area contributed by atoms with Crippen LogP contribution in [0.2, 0.25) is 0 Å². The summed E-state index contributed by atoms with van der Waals surface area (Å²) in [6, 6.07) is 0.0176. The summed E-state index contributed by atoms with van der Waals surface area (Å²) >= 11 is 0. The minimum atomic E-state index is -0.672. The van der Waals surface area contributed by atoms with Gasteiger partial charge in [-0.25, -0.2) is 0 Å². The van der Waals surface area contributed by atoms with Crippen molar-refractivity contribution in [1.29, 1.82) is 0 Å². The fourth-order valence-corrected chi connectivity index (χ4v) is 2.84. The van der Waals surface area contributed by atoms with Crippen molar-refractivity contribution in [3.63, 3.8) is 0 Å². The van der Waals surface area contributed by atoms with E-state index in [9.17, 15) is 9.90 Å². The summed E-state index contributed by atoms with van der Waals surface area (Å²) in [5.74, 6) is 0.342. The Hall–Kier alpha value is -0.610. The quantitative estimate of drug-likeness (QED) is 0.748. The Kier molecular flexibility index (Phi) is 3.46. The lowest BCUT2D eigenvalue weighted by molar-refractivity contribution is -0.169. The van der Waals surface area contributed by atoms with Gasteiger partial charge in [0.1, 0.15) is 5.60 Å². The molecule has 1 amide bonds. The van der Waals surface area contributed by atoms with E-state index in [2.05, 4.69) is 0 Å². The van der Waals surface area contributed by atoms with Gasteiger partial charge in [-0.05, 0) is 18.8 Å². The van der Waals surface area contributed by atoms with E-state index < -0.39 is 5.60 Å². The number of nitrogens with two attached hydrogens (primary N) is 1. The third-order valence-corrected chi connectivity index (χ3v) is 4.45. The molecule has 2 unspecified atom stereocenters. The second-order valence-electron chi connectivity index (χ2n) is 6.01. The molecule has 3 N–H and O–H groups in total. The largest absolute Gasteiger partial charge is 0.386 e. The van der Waals surface area contributed by atoms with Crippen LogP contribution in [0.1, 0.15) is 39.5 Å². The predicted molar refractivity (Wildman–Crippen MR) is 66.3 cm³/mol. The van der Waals surface area contributed by atoms with Crippen molar-refractivity contribution in [2.24, 2.45) is 17.6 Å². The van der Waals surface area contributed by atoms with Crippen LogP contribution in [0.3, 0.4) is 0 Å². The highest BCUT2D eigenvalue weighted by molar-refractivity contribution is 5.80. The molecule has 1 aliphatic heterocycles. The topological polar surface area (TPSA) is 66.6 Å². The molecule has 2 rings (SSSR count). The Morgan fingerprint density at radius 2 is 1.94 bits per heavy atom. The molecular weight excluding hydrogens is 216 g/mol. The van der Waals surface area contributed by atoms with Crippen LogP contribution < -0.4 is 5.73 Å². The lowest BCUT2D eigenvalue weighted by Gasteiger charge is -2.50. The molecule has 0 spiro atoms. The van der Waals surface area contributed by atoms with Crippen LogP contribution in [0.5, 0.6) is 0 Å². The van der Waals surface area contributed by atoms with Crippen LogP contribution in [0.4, 0.5) is 0 Å². The van der Waals surface area contributed by atoms with Gasteiger partial charge < -0.3 is 15.7 Å². The van der Waals surface area contributed by atoms with Gasteiger partial charge >= 0.3 is 0 Å². The molecule has 1 saturated heterocycles. The maximum absolute atomic E-state index is 12.2. The van der Waals surface area contributed by atoms with E-state index in [-0.39, 0.29) is 23.8 Å². The van der Waals surface area contributed by atoms with E-state index in [1.165, 1.54) is 0 Å². The maximum Gasteiger partial charge on any atom is 0.227 e. The first-order valence-electron chi connectivity index (χ1n) is 6.71. The smallest absolute Gasteiger partial charge is 0.227 e. The summed E-state index contributed by atoms with van der Waals surface area (Å²) in [6.07, 6.45) is 4.11. The summed E-state index contributed by atoms with van der Waals surface area (Å²) in [4.78, 5) is 14.0. The summed E-state index contributed by atoms with van der Waals surface area (Å²) in [7, 11) is 0. The van der Waals surface area contributed by atoms with Gasteiger partial charge in [-0.15, -0.1) is 0 Å². The molecule has 4 heteroatoms. The number of carbonyl (C=O) groups excluding carboxylic acids is 1. The summed E-state index contributed by atoms with van der Waals surface area (Å²) in [5.41, 5.74) is 5.34. The van der Waals surface area contributed by atoms with Crippen molar-refractivity contribution in [2.45, 2.75) is 51.2 Å². The van der Waals surface area contributed by atoms with E-state index in [1.54, 1.807) is 4.90 Å². The van der Waals surface area contributed by atoms with Crippen LogP contribution in [0.25, 0.3) is 0 Å². The van der Waals surface area contributed by atoms with E-state index >= 15 is 0 Å². The number of hydrogen-bond donors (Lipinski definition) is 2. The second kappa shape index (κ2) is 4.58. The third kappa shape index (κ3) is 2.33. The Balaban J connectivity index is 1.90. The highest BCUT2D eigenvalue weighted by Crippen LogP contribution is 2.32. The third-order valence-electron chi connectivity index (χ3n) is 4.45. The van der Waals surface area contributed by atoms with Gasteiger partial charge in [0.15, 0.2) is 0 Å². The molecule has 1 saturated carbocycles. The highest BCUT2D eigenvalue weighted by atomic mass is 16.3. The molecule has 0 aromatic rings. The second-order valence-corrected chi connectivity index (χ2v) is 6.01. The van der Waals surface area contributed by atoms with Crippen LogP contribution in [-0.4, -0.2) is 40.6 Å². The number of carbonyl (C=O) groups is 1. The van der Waals surface area contributed by atoms with Gasteiger partial charge in [0.25, 0.3) is 0 Å². The predicted octanol–water partition coefficient (Wildman–Crippen LogP) is 0.733. The minimum Gasteiger partial charge on any atom is -0.386 e. The molecular formula is C13H24N2O2. The van der Waals surface area contributed by atoms with Crippen molar-refractivity contribution in [2.75, 3.05) is 13.1 Å². The summed E-state index contributed by atoms with van der Waals surface area (Å²) in [5, 5.41) is 10.1. The van der Waals surface area contributed by atoms with Gasteiger partial charge in [0, 0.05) is 6.04 Å². The number of hydrogen-bond acceptors (Lipinski definition) is 3. The van der Waals surface area contributed by atoms with E-state index in [4.69, 9.17) is 5.73 Å². The highest BCUT2D eigenvalue weighted by Gasteiger charge is 2.47. The number of amides is 1. The standard InChI is InChI=1S/C13H24N2O2/c1-9(2)13(17)7-15(8-13)12(16)10-5-3-4-6-11(10)14/h9-11,17H,3-8,14H2,1-2H3. The van der Waals surface area contributed by atoms with Crippen LogP contribution in [-0.2, 0) is 4.79 Å². The van der Waals surface area contributed by atoms with Gasteiger partial charge in [-0.2, -0.15) is 0 Å². The average molecular weight is 240 g/mol. The minimum absolute atomic E-state index is 0.0135. The molecule has 1 aliphatic carbocycles. The van der Waals surface area contributed by atoms with Crippen LogP contribution in [0.15, 0.2) is 0 Å². The fraction of sp³-hybridized carbons (Fsp3) is 0.923. The van der Waals surface area contributed by atoms with Crippen molar-refractivity contribution >= 4 is 5.91 Å². The molecule has 2 fully saturated rings. The Bertz CT molecular complexity index is 298. The first-order valence-corrected chi connectivity index (χ1v) is 6.71. The zero-order valence-corrected chi connectivity index (χ0v) is 10.9. The monoisotopic (exact) mass is 240 g/mol. The number of likely N-dealkylation sites (tertiary alicyclic amines) is 1. The van der Waals surface area contributed by atoms with E-state index in [0.29, 0.717) is 13.1 Å². The summed E-state index contributed by atoms with van der Waals surface area (Å²) < 4.78 is 0. The summed E-state index contributed by atoms with van der Waals surface area (Å²) in [6.45, 7) is 4.95. The molecule has 17 heavy (non-hydrogen) atoms. The first kappa shape index (κ1) is 12.8. The fourth-order valence-electron chi connectivity index (χ4n) is 2.84. The van der Waals surface area contributed by atoms with Gasteiger partial charge in [-0.1, -0.05) is 26.7 Å². The zero-order chi connectivity index (χ0) is 12.6. The van der Waals surface area contributed by atoms with Gasteiger partial charge in [0.05, 0.1) is 19.0 Å². The number of rotatable bonds is 2. The Morgan fingerprint density at radius 1 is 1.35 bits per heavy atom. The number of β-amino-alcohol motifs (C(OH)–C–C–N with tert-alkyl or cyclic N) is 1. The van der Waals surface area contributed by atoms with Gasteiger partial charge in [0.2, 0.25) is 5.91 Å². The lowest BCUT2D eigenvalue weighted by Crippen LogP contribution is -2.67. The average Bonchev–Trinajstić information content (AvgIpc) is 2.24.